The Kier molecular flexibility index (Phi) is 6.11. The SMILES string of the molecule is [SiH3]C=CC(Cl)C(Cl)CCl. The molecule has 0 aromatic rings. The molecule has 0 bridgehead atoms. The normalized spacial score (nSPS) is 18.6. The minimum absolute atomic E-state index is 0.110. The lowest BCUT2D eigenvalue weighted by Crippen LogP contribution is -2.13. The molecule has 0 fully saturated rings. The van der Waals surface area contributed by atoms with Crippen molar-refractivity contribution in [2.24, 2.45) is 0 Å². The average Bonchev–Trinajstić information content (AvgIpc) is 1.87. The fourth-order valence-corrected chi connectivity index (χ4v) is 1.65. The predicted octanol–water partition coefficient (Wildman–Crippen LogP) is 1.32. The molecule has 0 aromatic heterocycles. The summed E-state index contributed by atoms with van der Waals surface area (Å²) in [4.78, 5) is 0. The van der Waals surface area contributed by atoms with Gasteiger partial charge in [0.15, 0.2) is 0 Å². The van der Waals surface area contributed by atoms with Gasteiger partial charge in [0.2, 0.25) is 0 Å². The molecule has 0 nitrogen and oxygen atoms in total. The zero-order valence-electron chi connectivity index (χ0n) is 5.15. The van der Waals surface area contributed by atoms with Gasteiger partial charge in [-0.3, -0.25) is 0 Å². The molecule has 0 aromatic carbocycles. The monoisotopic (exact) mass is 202 g/mol. The van der Waals surface area contributed by atoms with E-state index in [0.29, 0.717) is 5.88 Å². The first-order valence-electron chi connectivity index (χ1n) is 2.69. The van der Waals surface area contributed by atoms with E-state index in [4.69, 9.17) is 34.8 Å². The smallest absolute Gasteiger partial charge is 0.0687 e. The summed E-state index contributed by atoms with van der Waals surface area (Å²) in [7, 11) is 1.02. The van der Waals surface area contributed by atoms with Crippen molar-refractivity contribution in [3.63, 3.8) is 0 Å². The van der Waals surface area contributed by atoms with Crippen LogP contribution < -0.4 is 0 Å². The molecule has 0 aliphatic rings. The van der Waals surface area contributed by atoms with Crippen molar-refractivity contribution in [2.75, 3.05) is 5.88 Å². The molecular formula is C5H9Cl3Si. The van der Waals surface area contributed by atoms with Crippen LogP contribution in [0.3, 0.4) is 0 Å². The lowest BCUT2D eigenvalue weighted by atomic mass is 10.3. The third-order valence-electron chi connectivity index (χ3n) is 0.869. The molecule has 4 heteroatoms. The Morgan fingerprint density at radius 2 is 2.00 bits per heavy atom. The third kappa shape index (κ3) is 4.26. The molecule has 54 valence electrons. The van der Waals surface area contributed by atoms with Gasteiger partial charge in [-0.15, -0.1) is 40.5 Å². The first kappa shape index (κ1) is 9.83. The lowest BCUT2D eigenvalue weighted by Gasteiger charge is -2.06. The largest absolute Gasteiger partial charge is 0.125 e. The molecule has 0 N–H and O–H groups in total. The van der Waals surface area contributed by atoms with Gasteiger partial charge in [-0.1, -0.05) is 6.08 Å². The van der Waals surface area contributed by atoms with Crippen molar-refractivity contribution < 1.29 is 0 Å². The number of hydrogen-bond donors (Lipinski definition) is 0. The van der Waals surface area contributed by atoms with E-state index in [1.54, 1.807) is 0 Å². The van der Waals surface area contributed by atoms with Crippen LogP contribution in [0.25, 0.3) is 0 Å². The molecule has 0 amide bonds. The van der Waals surface area contributed by atoms with Crippen LogP contribution in [-0.2, 0) is 0 Å². The van der Waals surface area contributed by atoms with Crippen molar-refractivity contribution in [3.05, 3.63) is 11.8 Å². The Bertz CT molecular complexity index is 94.2. The quantitative estimate of drug-likeness (QED) is 0.480. The van der Waals surface area contributed by atoms with Crippen molar-refractivity contribution in [1.29, 1.82) is 0 Å². The van der Waals surface area contributed by atoms with Gasteiger partial charge in [0.1, 0.15) is 0 Å². The van der Waals surface area contributed by atoms with E-state index in [2.05, 4.69) is 0 Å². The molecule has 9 heavy (non-hydrogen) atoms. The Labute approximate surface area is 73.6 Å². The second-order valence-corrected chi connectivity index (χ2v) is 3.68. The highest BCUT2D eigenvalue weighted by Gasteiger charge is 2.10. The topological polar surface area (TPSA) is 0 Å². The van der Waals surface area contributed by atoms with Crippen LogP contribution in [-0.4, -0.2) is 26.9 Å². The fraction of sp³-hybridized carbons (Fsp3) is 0.600. The highest BCUT2D eigenvalue weighted by atomic mass is 35.5. The number of hydrogen-bond acceptors (Lipinski definition) is 0. The van der Waals surface area contributed by atoms with Crippen LogP contribution in [0, 0.1) is 0 Å². The van der Waals surface area contributed by atoms with Gasteiger partial charge in [-0.2, -0.15) is 0 Å². The van der Waals surface area contributed by atoms with Crippen molar-refractivity contribution in [3.8, 4) is 0 Å². The fourth-order valence-electron chi connectivity index (χ4n) is 0.390. The second kappa shape index (κ2) is 5.60. The Balaban J connectivity index is 3.58. The second-order valence-electron chi connectivity index (χ2n) is 1.64. The maximum Gasteiger partial charge on any atom is 0.0687 e. The summed E-state index contributed by atoms with van der Waals surface area (Å²) in [5.74, 6) is 0.404. The predicted molar refractivity (Wildman–Crippen MR) is 49.1 cm³/mol. The van der Waals surface area contributed by atoms with Gasteiger partial charge in [0.05, 0.1) is 10.8 Å². The van der Waals surface area contributed by atoms with E-state index in [1.165, 1.54) is 0 Å². The highest BCUT2D eigenvalue weighted by Crippen LogP contribution is 2.12. The molecule has 0 saturated heterocycles. The molecule has 0 radical (unpaired) electrons. The van der Waals surface area contributed by atoms with E-state index in [9.17, 15) is 0 Å². The summed E-state index contributed by atoms with van der Waals surface area (Å²) in [5.41, 5.74) is 2.00. The standard InChI is InChI=1S/C5H9Cl3Si/c6-3-5(8)4(7)1-2-9/h1-2,4-5H,3H2,9H3. The van der Waals surface area contributed by atoms with E-state index >= 15 is 0 Å². The first-order valence-corrected chi connectivity index (χ1v) is 5.25. The van der Waals surface area contributed by atoms with Gasteiger partial charge < -0.3 is 0 Å². The zero-order chi connectivity index (χ0) is 7.28. The summed E-state index contributed by atoms with van der Waals surface area (Å²) >= 11 is 16.9. The van der Waals surface area contributed by atoms with Crippen LogP contribution in [0.2, 0.25) is 0 Å². The number of alkyl halides is 3. The number of allylic oxidation sites excluding steroid dienone is 1. The zero-order valence-corrected chi connectivity index (χ0v) is 9.42. The van der Waals surface area contributed by atoms with Crippen LogP contribution in [0.4, 0.5) is 0 Å². The summed E-state index contributed by atoms with van der Waals surface area (Å²) in [6.07, 6.45) is 1.88. The summed E-state index contributed by atoms with van der Waals surface area (Å²) in [6.45, 7) is 0. The Morgan fingerprint density at radius 1 is 1.44 bits per heavy atom. The number of rotatable bonds is 3. The molecule has 0 saturated carbocycles. The minimum Gasteiger partial charge on any atom is -0.125 e. The molecule has 0 aliphatic carbocycles. The third-order valence-corrected chi connectivity index (χ3v) is 2.75. The maximum atomic E-state index is 5.75. The van der Waals surface area contributed by atoms with Crippen LogP contribution >= 0.6 is 34.8 Å². The maximum absolute atomic E-state index is 5.75. The molecule has 0 spiro atoms. The summed E-state index contributed by atoms with van der Waals surface area (Å²) < 4.78 is 0. The summed E-state index contributed by atoms with van der Waals surface area (Å²) in [5, 5.41) is -0.250. The van der Waals surface area contributed by atoms with Gasteiger partial charge in [-0.25, -0.2) is 0 Å². The Morgan fingerprint density at radius 3 is 2.33 bits per heavy atom. The molecule has 2 atom stereocenters. The van der Waals surface area contributed by atoms with E-state index < -0.39 is 0 Å². The van der Waals surface area contributed by atoms with Crippen molar-refractivity contribution in [2.45, 2.75) is 10.8 Å². The van der Waals surface area contributed by atoms with Gasteiger partial charge in [-0.05, 0) is 0 Å². The van der Waals surface area contributed by atoms with E-state index in [0.717, 1.165) is 10.2 Å². The van der Waals surface area contributed by atoms with Crippen molar-refractivity contribution >= 4 is 45.0 Å². The molecular weight excluding hydrogens is 194 g/mol. The average molecular weight is 204 g/mol. The Hall–Kier alpha value is 0.827. The molecule has 0 heterocycles. The molecule has 2 unspecified atom stereocenters. The van der Waals surface area contributed by atoms with Crippen LogP contribution in [0.1, 0.15) is 0 Å². The van der Waals surface area contributed by atoms with Gasteiger partial charge in [0.25, 0.3) is 0 Å². The summed E-state index contributed by atoms with van der Waals surface area (Å²) in [6, 6.07) is 0. The van der Waals surface area contributed by atoms with Gasteiger partial charge in [0, 0.05) is 16.1 Å². The minimum atomic E-state index is -0.140. The first-order chi connectivity index (χ1) is 4.22. The molecule has 0 aliphatic heterocycles. The van der Waals surface area contributed by atoms with E-state index in [1.807, 2.05) is 11.8 Å². The highest BCUT2D eigenvalue weighted by molar-refractivity contribution is 6.34. The van der Waals surface area contributed by atoms with Crippen LogP contribution in [0.5, 0.6) is 0 Å². The van der Waals surface area contributed by atoms with Crippen LogP contribution in [0.15, 0.2) is 11.8 Å². The van der Waals surface area contributed by atoms with Gasteiger partial charge >= 0.3 is 0 Å². The van der Waals surface area contributed by atoms with Crippen molar-refractivity contribution in [1.82, 2.24) is 0 Å². The number of halogens is 3. The molecule has 0 rings (SSSR count). The van der Waals surface area contributed by atoms with E-state index in [-0.39, 0.29) is 10.8 Å². The lowest BCUT2D eigenvalue weighted by molar-refractivity contribution is 0.985.